The van der Waals surface area contributed by atoms with Crippen molar-refractivity contribution in [1.29, 1.82) is 0 Å². The summed E-state index contributed by atoms with van der Waals surface area (Å²) < 4.78 is 16.5. The Labute approximate surface area is 362 Å². The molecule has 0 aliphatic rings. The Morgan fingerprint density at radius 1 is 0.356 bits per heavy atom. The number of carbonyl (C=O) groups excluding carboxylic acids is 3. The van der Waals surface area contributed by atoms with E-state index in [0.717, 1.165) is 128 Å². The molecule has 0 aromatic rings. The SMILES string of the molecule is CC/C=C\C/C=C\C/C=C\C/C=C\C/C=C\C/C=C\C/C=C\C/C=C\CCCCCCC(=O)OCC(COC(=O)CCCCCCC)OC(=O)CCCCCCCCC. The van der Waals surface area contributed by atoms with Gasteiger partial charge in [-0.05, 0) is 83.5 Å². The smallest absolute Gasteiger partial charge is 0.306 e. The van der Waals surface area contributed by atoms with E-state index in [1.165, 1.54) is 32.1 Å². The molecule has 0 fully saturated rings. The maximum atomic E-state index is 12.5. The number of ether oxygens (including phenoxy) is 3. The highest BCUT2D eigenvalue weighted by atomic mass is 16.6. The fraction of sp³-hybridized carbons (Fsp3) is 0.642. The lowest BCUT2D eigenvalue weighted by Crippen LogP contribution is -2.30. The molecule has 0 aliphatic carbocycles. The minimum absolute atomic E-state index is 0.0867. The van der Waals surface area contributed by atoms with Gasteiger partial charge in [-0.15, -0.1) is 0 Å². The fourth-order valence-corrected chi connectivity index (χ4v) is 6.04. The average Bonchev–Trinajstić information content (AvgIpc) is 3.23. The van der Waals surface area contributed by atoms with Crippen molar-refractivity contribution in [2.45, 2.75) is 207 Å². The summed E-state index contributed by atoms with van der Waals surface area (Å²) in [6, 6.07) is 0. The topological polar surface area (TPSA) is 78.9 Å². The molecule has 0 N–H and O–H groups in total. The molecule has 1 atom stereocenters. The van der Waals surface area contributed by atoms with Crippen molar-refractivity contribution in [3.63, 3.8) is 0 Å². The molecule has 334 valence electrons. The van der Waals surface area contributed by atoms with Crippen LogP contribution < -0.4 is 0 Å². The molecule has 0 aliphatic heterocycles. The molecule has 0 bridgehead atoms. The van der Waals surface area contributed by atoms with Crippen LogP contribution in [-0.4, -0.2) is 37.2 Å². The van der Waals surface area contributed by atoms with Gasteiger partial charge in [0.1, 0.15) is 13.2 Å². The predicted octanol–water partition coefficient (Wildman–Crippen LogP) is 15.4. The summed E-state index contributed by atoms with van der Waals surface area (Å²) in [5, 5.41) is 0. The van der Waals surface area contributed by atoms with Crippen LogP contribution >= 0.6 is 0 Å². The number of rotatable bonds is 41. The highest BCUT2D eigenvalue weighted by molar-refractivity contribution is 5.71. The normalized spacial score (nSPS) is 12.9. The monoisotopic (exact) mass is 819 g/mol. The lowest BCUT2D eigenvalue weighted by molar-refractivity contribution is -0.167. The number of carbonyl (C=O) groups is 3. The number of esters is 3. The van der Waals surface area contributed by atoms with Crippen molar-refractivity contribution >= 4 is 17.9 Å². The van der Waals surface area contributed by atoms with Crippen LogP contribution in [0.2, 0.25) is 0 Å². The molecular weight excluding hydrogens is 733 g/mol. The molecule has 0 amide bonds. The van der Waals surface area contributed by atoms with Gasteiger partial charge in [0.15, 0.2) is 6.10 Å². The van der Waals surface area contributed by atoms with Gasteiger partial charge < -0.3 is 14.2 Å². The molecule has 6 nitrogen and oxygen atoms in total. The van der Waals surface area contributed by atoms with Gasteiger partial charge in [-0.2, -0.15) is 0 Å². The zero-order chi connectivity index (χ0) is 43.0. The summed E-state index contributed by atoms with van der Waals surface area (Å²) in [6.07, 6.45) is 61.6. The molecule has 0 saturated carbocycles. The fourth-order valence-electron chi connectivity index (χ4n) is 6.04. The maximum absolute atomic E-state index is 12.5. The Morgan fingerprint density at radius 2 is 0.661 bits per heavy atom. The van der Waals surface area contributed by atoms with E-state index in [2.05, 4.69) is 118 Å². The Bertz CT molecular complexity index is 1220. The number of allylic oxidation sites excluding steroid dienone is 16. The zero-order valence-electron chi connectivity index (χ0n) is 38.0. The van der Waals surface area contributed by atoms with Crippen molar-refractivity contribution in [2.24, 2.45) is 0 Å². The predicted molar refractivity (Wildman–Crippen MR) is 251 cm³/mol. The second-order valence-corrected chi connectivity index (χ2v) is 15.3. The van der Waals surface area contributed by atoms with E-state index in [1.807, 2.05) is 0 Å². The third kappa shape index (κ3) is 45.3. The van der Waals surface area contributed by atoms with E-state index < -0.39 is 6.10 Å². The van der Waals surface area contributed by atoms with Crippen LogP contribution in [0.4, 0.5) is 0 Å². The van der Waals surface area contributed by atoms with Gasteiger partial charge in [0.25, 0.3) is 0 Å². The van der Waals surface area contributed by atoms with E-state index in [1.54, 1.807) is 0 Å². The van der Waals surface area contributed by atoms with E-state index in [0.29, 0.717) is 19.3 Å². The van der Waals surface area contributed by atoms with Crippen LogP contribution in [-0.2, 0) is 28.6 Å². The lowest BCUT2D eigenvalue weighted by Gasteiger charge is -2.18. The zero-order valence-corrected chi connectivity index (χ0v) is 38.0. The minimum atomic E-state index is -0.779. The minimum Gasteiger partial charge on any atom is -0.462 e. The summed E-state index contributed by atoms with van der Waals surface area (Å²) in [4.78, 5) is 37.3. The molecule has 1 unspecified atom stereocenters. The van der Waals surface area contributed by atoms with Crippen LogP contribution in [0.1, 0.15) is 201 Å². The quantitative estimate of drug-likeness (QED) is 0.0265. The van der Waals surface area contributed by atoms with Gasteiger partial charge >= 0.3 is 17.9 Å². The standard InChI is InChI=1S/C53H86O6/c1-4-7-10-13-15-16-17-18-19-20-21-22-23-24-25-26-27-28-29-30-31-32-33-34-35-36-38-40-43-46-52(55)58-49-50(48-57-51(54)45-42-39-12-9-6-3)59-53(56)47-44-41-37-14-11-8-5-2/h7,10,15-16,18-19,21-22,24-25,27-28,30-31,33-34,50H,4-6,8-9,11-14,17,20,23,26,29,32,35-49H2,1-3H3/b10-7-,16-15-,19-18-,22-21-,25-24-,28-27-,31-30-,34-33-. The van der Waals surface area contributed by atoms with Crippen molar-refractivity contribution < 1.29 is 28.6 Å². The summed E-state index contributed by atoms with van der Waals surface area (Å²) >= 11 is 0. The Balaban J connectivity index is 4.10. The second-order valence-electron chi connectivity index (χ2n) is 15.3. The molecule has 0 saturated heterocycles. The van der Waals surface area contributed by atoms with Crippen LogP contribution in [0.15, 0.2) is 97.2 Å². The number of hydrogen-bond acceptors (Lipinski definition) is 6. The van der Waals surface area contributed by atoms with Crippen molar-refractivity contribution in [3.05, 3.63) is 97.2 Å². The molecule has 0 radical (unpaired) electrons. The number of hydrogen-bond donors (Lipinski definition) is 0. The van der Waals surface area contributed by atoms with Crippen LogP contribution in [0.25, 0.3) is 0 Å². The van der Waals surface area contributed by atoms with E-state index in [-0.39, 0.29) is 31.1 Å². The van der Waals surface area contributed by atoms with Crippen molar-refractivity contribution in [3.8, 4) is 0 Å². The number of unbranched alkanes of at least 4 members (excludes halogenated alkanes) is 14. The Morgan fingerprint density at radius 3 is 1.03 bits per heavy atom. The largest absolute Gasteiger partial charge is 0.462 e. The average molecular weight is 819 g/mol. The maximum Gasteiger partial charge on any atom is 0.306 e. The second kappa shape index (κ2) is 47.0. The van der Waals surface area contributed by atoms with Gasteiger partial charge in [0.05, 0.1) is 0 Å². The van der Waals surface area contributed by atoms with Crippen LogP contribution in [0, 0.1) is 0 Å². The van der Waals surface area contributed by atoms with Crippen molar-refractivity contribution in [1.82, 2.24) is 0 Å². The Hall–Kier alpha value is -3.67. The van der Waals surface area contributed by atoms with Gasteiger partial charge in [0, 0.05) is 19.3 Å². The molecule has 0 spiro atoms. The van der Waals surface area contributed by atoms with E-state index in [4.69, 9.17) is 14.2 Å². The molecule has 0 rings (SSSR count). The van der Waals surface area contributed by atoms with Gasteiger partial charge in [-0.25, -0.2) is 0 Å². The van der Waals surface area contributed by atoms with Gasteiger partial charge in [-0.1, -0.05) is 195 Å². The van der Waals surface area contributed by atoms with Crippen LogP contribution in [0.3, 0.4) is 0 Å². The summed E-state index contributed by atoms with van der Waals surface area (Å²) in [7, 11) is 0. The highest BCUT2D eigenvalue weighted by Crippen LogP contribution is 2.12. The van der Waals surface area contributed by atoms with Crippen LogP contribution in [0.5, 0.6) is 0 Å². The first-order chi connectivity index (χ1) is 29.0. The van der Waals surface area contributed by atoms with E-state index in [9.17, 15) is 14.4 Å². The molecule has 6 heteroatoms. The van der Waals surface area contributed by atoms with Crippen molar-refractivity contribution in [2.75, 3.05) is 13.2 Å². The van der Waals surface area contributed by atoms with Gasteiger partial charge in [0.2, 0.25) is 0 Å². The first-order valence-corrected chi connectivity index (χ1v) is 23.7. The molecular formula is C53H86O6. The molecule has 0 aromatic heterocycles. The van der Waals surface area contributed by atoms with Gasteiger partial charge in [-0.3, -0.25) is 14.4 Å². The Kier molecular flexibility index (Phi) is 44.1. The summed E-state index contributed by atoms with van der Waals surface area (Å²) in [5.74, 6) is -0.943. The summed E-state index contributed by atoms with van der Waals surface area (Å²) in [6.45, 7) is 6.34. The molecule has 59 heavy (non-hydrogen) atoms. The lowest BCUT2D eigenvalue weighted by atomic mass is 10.1. The molecule has 0 aromatic carbocycles. The third-order valence-electron chi connectivity index (χ3n) is 9.60. The van der Waals surface area contributed by atoms with E-state index >= 15 is 0 Å². The first-order valence-electron chi connectivity index (χ1n) is 23.7. The third-order valence-corrected chi connectivity index (χ3v) is 9.60. The molecule has 0 heterocycles. The summed E-state index contributed by atoms with van der Waals surface area (Å²) in [5.41, 5.74) is 0. The first kappa shape index (κ1) is 55.3. The highest BCUT2D eigenvalue weighted by Gasteiger charge is 2.19.